The van der Waals surface area contributed by atoms with Gasteiger partial charge in [-0.1, -0.05) is 15.9 Å². The summed E-state index contributed by atoms with van der Waals surface area (Å²) in [6, 6.07) is 3.46. The molecule has 6 heteroatoms. The van der Waals surface area contributed by atoms with Crippen molar-refractivity contribution in [3.8, 4) is 5.75 Å². The number of carboxylic acid groups (broad SMARTS) is 1. The monoisotopic (exact) mass is 378 g/mol. The fourth-order valence-electron chi connectivity index (χ4n) is 1.51. The lowest BCUT2D eigenvalue weighted by Crippen LogP contribution is -2.04. The molecule has 0 bridgehead atoms. The van der Waals surface area contributed by atoms with Crippen molar-refractivity contribution in [3.05, 3.63) is 26.6 Å². The molecule has 0 spiro atoms. The van der Waals surface area contributed by atoms with Gasteiger partial charge in [-0.15, -0.1) is 0 Å². The van der Waals surface area contributed by atoms with Crippen molar-refractivity contribution in [2.45, 2.75) is 19.3 Å². The quantitative estimate of drug-likeness (QED) is 0.766. The van der Waals surface area contributed by atoms with E-state index in [2.05, 4.69) is 31.9 Å². The molecule has 18 heavy (non-hydrogen) atoms. The van der Waals surface area contributed by atoms with E-state index in [9.17, 15) is 9.59 Å². The maximum absolute atomic E-state index is 12.0. The Balaban J connectivity index is 2.87. The topological polar surface area (TPSA) is 63.6 Å². The van der Waals surface area contributed by atoms with Crippen LogP contribution in [0.5, 0.6) is 5.75 Å². The summed E-state index contributed by atoms with van der Waals surface area (Å²) < 4.78 is 6.62. The number of ketones is 1. The van der Waals surface area contributed by atoms with Crippen LogP contribution >= 0.6 is 31.9 Å². The number of hydrogen-bond acceptors (Lipinski definition) is 3. The first-order chi connectivity index (χ1) is 8.45. The van der Waals surface area contributed by atoms with Crippen molar-refractivity contribution in [2.75, 3.05) is 7.11 Å². The highest BCUT2D eigenvalue weighted by Gasteiger charge is 2.16. The van der Waals surface area contributed by atoms with E-state index in [0.717, 1.165) is 4.47 Å². The zero-order valence-electron chi connectivity index (χ0n) is 9.70. The Morgan fingerprint density at radius 1 is 1.28 bits per heavy atom. The summed E-state index contributed by atoms with van der Waals surface area (Å²) >= 11 is 6.62. The second kappa shape index (κ2) is 6.89. The van der Waals surface area contributed by atoms with Crippen molar-refractivity contribution < 1.29 is 19.4 Å². The maximum atomic E-state index is 12.0. The minimum Gasteiger partial charge on any atom is -0.495 e. The van der Waals surface area contributed by atoms with Crippen molar-refractivity contribution in [3.63, 3.8) is 0 Å². The van der Waals surface area contributed by atoms with Crippen molar-refractivity contribution in [1.82, 2.24) is 0 Å². The average Bonchev–Trinajstić information content (AvgIpc) is 2.27. The average molecular weight is 380 g/mol. The lowest BCUT2D eigenvalue weighted by Gasteiger charge is -2.10. The summed E-state index contributed by atoms with van der Waals surface area (Å²) in [4.78, 5) is 22.4. The first kappa shape index (κ1) is 15.2. The van der Waals surface area contributed by atoms with Gasteiger partial charge in [0.05, 0.1) is 17.1 Å². The molecule has 1 N–H and O–H groups in total. The van der Waals surface area contributed by atoms with Crippen LogP contribution in [0, 0.1) is 0 Å². The van der Waals surface area contributed by atoms with Crippen LogP contribution in [-0.4, -0.2) is 24.0 Å². The molecular formula is C12H12Br2O4. The number of Topliss-reactive ketones (excluding diaryl/α,β-unsaturated/α-hetero) is 1. The summed E-state index contributed by atoms with van der Waals surface area (Å²) in [7, 11) is 1.49. The van der Waals surface area contributed by atoms with Gasteiger partial charge in [0, 0.05) is 17.3 Å². The molecule has 0 saturated heterocycles. The first-order valence-electron chi connectivity index (χ1n) is 5.23. The number of ether oxygens (including phenoxy) is 1. The largest absolute Gasteiger partial charge is 0.495 e. The molecule has 0 fully saturated rings. The summed E-state index contributed by atoms with van der Waals surface area (Å²) in [5.74, 6) is -0.557. The van der Waals surface area contributed by atoms with E-state index in [0.29, 0.717) is 22.2 Å². The summed E-state index contributed by atoms with van der Waals surface area (Å²) in [5, 5.41) is 8.53. The van der Waals surface area contributed by atoms with Gasteiger partial charge in [0.15, 0.2) is 5.78 Å². The number of carbonyl (C=O) groups excluding carboxylic acids is 1. The minimum atomic E-state index is -0.898. The van der Waals surface area contributed by atoms with Gasteiger partial charge in [-0.25, -0.2) is 0 Å². The Morgan fingerprint density at radius 2 is 1.94 bits per heavy atom. The maximum Gasteiger partial charge on any atom is 0.303 e. The van der Waals surface area contributed by atoms with E-state index in [-0.39, 0.29) is 18.6 Å². The number of aliphatic carboxylic acids is 1. The first-order valence-corrected chi connectivity index (χ1v) is 6.82. The Hall–Kier alpha value is -0.880. The molecular weight excluding hydrogens is 368 g/mol. The van der Waals surface area contributed by atoms with Crippen LogP contribution in [0.25, 0.3) is 0 Å². The lowest BCUT2D eigenvalue weighted by molar-refractivity contribution is -0.137. The van der Waals surface area contributed by atoms with E-state index in [1.165, 1.54) is 7.11 Å². The number of carbonyl (C=O) groups is 2. The summed E-state index contributed by atoms with van der Waals surface area (Å²) in [6.07, 6.45) is 0.496. The van der Waals surface area contributed by atoms with Gasteiger partial charge in [0.25, 0.3) is 0 Å². The molecule has 0 heterocycles. The van der Waals surface area contributed by atoms with E-state index >= 15 is 0 Å². The number of rotatable bonds is 6. The van der Waals surface area contributed by atoms with Crippen molar-refractivity contribution in [1.29, 1.82) is 0 Å². The molecule has 0 aromatic heterocycles. The third-order valence-electron chi connectivity index (χ3n) is 2.31. The Morgan fingerprint density at radius 3 is 2.50 bits per heavy atom. The van der Waals surface area contributed by atoms with Crippen LogP contribution in [0.3, 0.4) is 0 Å². The molecule has 0 saturated carbocycles. The van der Waals surface area contributed by atoms with Crippen LogP contribution in [0.4, 0.5) is 0 Å². The Bertz CT molecular complexity index is 471. The molecule has 0 radical (unpaired) electrons. The van der Waals surface area contributed by atoms with Crippen LogP contribution in [-0.2, 0) is 4.79 Å². The van der Waals surface area contributed by atoms with Gasteiger partial charge < -0.3 is 9.84 Å². The molecule has 4 nitrogen and oxygen atoms in total. The molecule has 1 rings (SSSR count). The molecule has 1 aromatic carbocycles. The van der Waals surface area contributed by atoms with Gasteiger partial charge in [0.1, 0.15) is 5.75 Å². The highest BCUT2D eigenvalue weighted by molar-refractivity contribution is 9.11. The molecule has 0 atom stereocenters. The van der Waals surface area contributed by atoms with Gasteiger partial charge >= 0.3 is 5.97 Å². The number of methoxy groups -OCH3 is 1. The van der Waals surface area contributed by atoms with E-state index < -0.39 is 5.97 Å². The smallest absolute Gasteiger partial charge is 0.303 e. The predicted molar refractivity (Wildman–Crippen MR) is 74.2 cm³/mol. The van der Waals surface area contributed by atoms with E-state index in [4.69, 9.17) is 9.84 Å². The van der Waals surface area contributed by atoms with Crippen LogP contribution in [0.2, 0.25) is 0 Å². The third-order valence-corrected chi connectivity index (χ3v) is 3.35. The highest BCUT2D eigenvalue weighted by Crippen LogP contribution is 2.33. The molecule has 0 aliphatic heterocycles. The zero-order chi connectivity index (χ0) is 13.7. The zero-order valence-corrected chi connectivity index (χ0v) is 12.9. The van der Waals surface area contributed by atoms with Gasteiger partial charge in [-0.05, 0) is 34.5 Å². The Kier molecular flexibility index (Phi) is 5.81. The predicted octanol–water partition coefficient (Wildman–Crippen LogP) is 3.66. The molecule has 98 valence electrons. The Labute approximate surface area is 122 Å². The van der Waals surface area contributed by atoms with Crippen LogP contribution in [0.1, 0.15) is 29.6 Å². The number of hydrogen-bond donors (Lipinski definition) is 1. The molecule has 1 aromatic rings. The fourth-order valence-corrected chi connectivity index (χ4v) is 2.90. The van der Waals surface area contributed by atoms with Crippen molar-refractivity contribution >= 4 is 43.6 Å². The van der Waals surface area contributed by atoms with Crippen LogP contribution in [0.15, 0.2) is 21.1 Å². The normalized spacial score (nSPS) is 10.2. The lowest BCUT2D eigenvalue weighted by atomic mass is 10.0. The highest BCUT2D eigenvalue weighted by atomic mass is 79.9. The second-order valence-corrected chi connectivity index (χ2v) is 5.41. The van der Waals surface area contributed by atoms with E-state index in [1.54, 1.807) is 12.1 Å². The summed E-state index contributed by atoms with van der Waals surface area (Å²) in [6.45, 7) is 0. The third kappa shape index (κ3) is 4.10. The minimum absolute atomic E-state index is 0.0107. The molecule has 0 aliphatic rings. The number of halogens is 2. The molecule has 0 aliphatic carbocycles. The van der Waals surface area contributed by atoms with Crippen molar-refractivity contribution in [2.24, 2.45) is 0 Å². The van der Waals surface area contributed by atoms with Gasteiger partial charge in [-0.3, -0.25) is 9.59 Å². The molecule has 0 amide bonds. The number of benzene rings is 1. The second-order valence-electron chi connectivity index (χ2n) is 3.64. The standard InChI is InChI=1S/C12H12Br2O4/c1-18-12-8(5-7(13)6-9(12)14)10(15)3-2-4-11(16)17/h5-6H,2-4H2,1H3,(H,16,17). The fraction of sp³-hybridized carbons (Fsp3) is 0.333. The number of carboxylic acids is 1. The molecule has 0 unspecified atom stereocenters. The summed E-state index contributed by atoms with van der Waals surface area (Å²) in [5.41, 5.74) is 0.448. The van der Waals surface area contributed by atoms with Gasteiger partial charge in [-0.2, -0.15) is 0 Å². The SMILES string of the molecule is COc1c(Br)cc(Br)cc1C(=O)CCCC(=O)O. The van der Waals surface area contributed by atoms with Gasteiger partial charge in [0.2, 0.25) is 0 Å². The van der Waals surface area contributed by atoms with Crippen LogP contribution < -0.4 is 4.74 Å². The van der Waals surface area contributed by atoms with E-state index in [1.807, 2.05) is 0 Å².